The summed E-state index contributed by atoms with van der Waals surface area (Å²) in [6.07, 6.45) is 1.86. The SMILES string of the molecule is CNOc1cc(CCC#N)ccc1C=O. The van der Waals surface area contributed by atoms with Crippen molar-refractivity contribution in [2.24, 2.45) is 0 Å². The summed E-state index contributed by atoms with van der Waals surface area (Å²) in [7, 11) is 1.62. The molecule has 1 rings (SSSR count). The van der Waals surface area contributed by atoms with Crippen molar-refractivity contribution in [3.8, 4) is 11.8 Å². The lowest BCUT2D eigenvalue weighted by molar-refractivity contribution is 0.111. The second kappa shape index (κ2) is 5.78. The number of aryl methyl sites for hydroxylation is 1. The monoisotopic (exact) mass is 204 g/mol. The highest BCUT2D eigenvalue weighted by molar-refractivity contribution is 5.79. The summed E-state index contributed by atoms with van der Waals surface area (Å²) in [6, 6.07) is 7.34. The highest BCUT2D eigenvalue weighted by Crippen LogP contribution is 2.19. The lowest BCUT2D eigenvalue weighted by atomic mass is 10.1. The van der Waals surface area contributed by atoms with Crippen molar-refractivity contribution >= 4 is 6.29 Å². The number of nitrogens with one attached hydrogen (secondary N) is 1. The van der Waals surface area contributed by atoms with E-state index in [9.17, 15) is 4.79 Å². The Morgan fingerprint density at radius 1 is 1.60 bits per heavy atom. The van der Waals surface area contributed by atoms with Crippen LogP contribution < -0.4 is 10.3 Å². The summed E-state index contributed by atoms with van der Waals surface area (Å²) in [6.45, 7) is 0. The third kappa shape index (κ3) is 3.08. The van der Waals surface area contributed by atoms with Crippen molar-refractivity contribution < 1.29 is 9.63 Å². The number of carbonyl (C=O) groups is 1. The Balaban J connectivity index is 2.89. The van der Waals surface area contributed by atoms with Gasteiger partial charge in [-0.05, 0) is 24.1 Å². The molecule has 0 unspecified atom stereocenters. The van der Waals surface area contributed by atoms with E-state index in [4.69, 9.17) is 10.1 Å². The third-order valence-electron chi connectivity index (χ3n) is 1.94. The van der Waals surface area contributed by atoms with E-state index in [1.165, 1.54) is 0 Å². The topological polar surface area (TPSA) is 62.1 Å². The van der Waals surface area contributed by atoms with E-state index in [-0.39, 0.29) is 0 Å². The summed E-state index contributed by atoms with van der Waals surface area (Å²) in [5, 5.41) is 8.45. The molecule has 0 atom stereocenters. The molecule has 1 aromatic carbocycles. The first kappa shape index (κ1) is 11.2. The van der Waals surface area contributed by atoms with Gasteiger partial charge in [0.05, 0.1) is 11.6 Å². The minimum atomic E-state index is 0.458. The van der Waals surface area contributed by atoms with Crippen molar-refractivity contribution in [3.63, 3.8) is 0 Å². The van der Waals surface area contributed by atoms with E-state index in [0.717, 1.165) is 11.8 Å². The molecule has 0 aliphatic carbocycles. The highest BCUT2D eigenvalue weighted by atomic mass is 16.6. The Morgan fingerprint density at radius 2 is 2.40 bits per heavy atom. The van der Waals surface area contributed by atoms with Crippen molar-refractivity contribution in [2.45, 2.75) is 12.8 Å². The summed E-state index contributed by atoms with van der Waals surface area (Å²) in [5.74, 6) is 0.489. The van der Waals surface area contributed by atoms with Crippen LogP contribution in [0.25, 0.3) is 0 Å². The Labute approximate surface area is 88.4 Å². The molecule has 0 aliphatic heterocycles. The number of hydrogen-bond donors (Lipinski definition) is 1. The second-order valence-corrected chi connectivity index (χ2v) is 2.95. The fraction of sp³-hybridized carbons (Fsp3) is 0.273. The standard InChI is InChI=1S/C11H12N2O2/c1-13-15-11-7-9(3-2-6-12)4-5-10(11)8-14/h4-5,7-8,13H,2-3H2,1H3. The molecule has 1 N–H and O–H groups in total. The van der Waals surface area contributed by atoms with Gasteiger partial charge in [-0.2, -0.15) is 10.7 Å². The first-order valence-corrected chi connectivity index (χ1v) is 4.60. The minimum absolute atomic E-state index is 0.458. The molecule has 78 valence electrons. The van der Waals surface area contributed by atoms with Gasteiger partial charge in [-0.15, -0.1) is 0 Å². The maximum atomic E-state index is 10.7. The zero-order chi connectivity index (χ0) is 11.1. The van der Waals surface area contributed by atoms with Gasteiger partial charge >= 0.3 is 0 Å². The molecule has 15 heavy (non-hydrogen) atoms. The van der Waals surface area contributed by atoms with Crippen LogP contribution in [-0.4, -0.2) is 13.3 Å². The van der Waals surface area contributed by atoms with Crippen LogP contribution in [0, 0.1) is 11.3 Å². The number of carbonyl (C=O) groups excluding carboxylic acids is 1. The van der Waals surface area contributed by atoms with Crippen LogP contribution in [0.15, 0.2) is 18.2 Å². The molecule has 4 heteroatoms. The van der Waals surface area contributed by atoms with Crippen molar-refractivity contribution in [1.29, 1.82) is 5.26 Å². The van der Waals surface area contributed by atoms with Gasteiger partial charge < -0.3 is 4.84 Å². The average Bonchev–Trinajstić information content (AvgIpc) is 2.27. The number of benzene rings is 1. The highest BCUT2D eigenvalue weighted by Gasteiger charge is 2.04. The maximum Gasteiger partial charge on any atom is 0.157 e. The average molecular weight is 204 g/mol. The molecule has 0 saturated heterocycles. The maximum absolute atomic E-state index is 10.7. The Hall–Kier alpha value is -1.86. The first-order chi connectivity index (χ1) is 7.31. The minimum Gasteiger partial charge on any atom is -0.408 e. The summed E-state index contributed by atoms with van der Waals surface area (Å²) >= 11 is 0. The van der Waals surface area contributed by atoms with Gasteiger partial charge in [0.2, 0.25) is 0 Å². The van der Waals surface area contributed by atoms with Crippen LogP contribution in [0.5, 0.6) is 5.75 Å². The van der Waals surface area contributed by atoms with Gasteiger partial charge in [-0.1, -0.05) is 6.07 Å². The number of nitrogens with zero attached hydrogens (tertiary/aromatic N) is 1. The summed E-state index contributed by atoms with van der Waals surface area (Å²) < 4.78 is 0. The lowest BCUT2D eigenvalue weighted by Crippen LogP contribution is -2.12. The molecule has 0 aliphatic rings. The molecule has 0 heterocycles. The Kier molecular flexibility index (Phi) is 4.32. The van der Waals surface area contributed by atoms with Crippen LogP contribution in [-0.2, 0) is 6.42 Å². The van der Waals surface area contributed by atoms with Crippen molar-refractivity contribution in [3.05, 3.63) is 29.3 Å². The fourth-order valence-electron chi connectivity index (χ4n) is 1.23. The molecular weight excluding hydrogens is 192 g/mol. The smallest absolute Gasteiger partial charge is 0.157 e. The van der Waals surface area contributed by atoms with Crippen LogP contribution in [0.2, 0.25) is 0 Å². The first-order valence-electron chi connectivity index (χ1n) is 4.60. The number of rotatable bonds is 5. The summed E-state index contributed by atoms with van der Waals surface area (Å²) in [4.78, 5) is 15.8. The number of nitriles is 1. The zero-order valence-corrected chi connectivity index (χ0v) is 8.49. The molecule has 1 aromatic rings. The lowest BCUT2D eigenvalue weighted by Gasteiger charge is -2.07. The molecule has 0 fully saturated rings. The number of hydrogen-bond acceptors (Lipinski definition) is 4. The molecule has 0 aromatic heterocycles. The number of hydroxylamine groups is 1. The van der Waals surface area contributed by atoms with E-state index in [0.29, 0.717) is 24.2 Å². The molecule has 0 bridgehead atoms. The van der Waals surface area contributed by atoms with Crippen molar-refractivity contribution in [2.75, 3.05) is 7.05 Å². The van der Waals surface area contributed by atoms with E-state index in [2.05, 4.69) is 11.5 Å². The predicted molar refractivity (Wildman–Crippen MR) is 55.5 cm³/mol. The van der Waals surface area contributed by atoms with Crippen molar-refractivity contribution in [1.82, 2.24) is 5.48 Å². The molecule has 0 amide bonds. The van der Waals surface area contributed by atoms with Crippen LogP contribution in [0.1, 0.15) is 22.3 Å². The molecule has 0 radical (unpaired) electrons. The van der Waals surface area contributed by atoms with E-state index >= 15 is 0 Å². The van der Waals surface area contributed by atoms with Crippen LogP contribution in [0.4, 0.5) is 0 Å². The van der Waals surface area contributed by atoms with Gasteiger partial charge in [0.1, 0.15) is 0 Å². The van der Waals surface area contributed by atoms with Gasteiger partial charge in [-0.3, -0.25) is 4.79 Å². The Morgan fingerprint density at radius 3 is 3.00 bits per heavy atom. The third-order valence-corrected chi connectivity index (χ3v) is 1.94. The quantitative estimate of drug-likeness (QED) is 0.582. The van der Waals surface area contributed by atoms with Gasteiger partial charge in [0, 0.05) is 13.5 Å². The van der Waals surface area contributed by atoms with Crippen LogP contribution in [0.3, 0.4) is 0 Å². The normalized spacial score (nSPS) is 9.33. The molecule has 0 spiro atoms. The largest absolute Gasteiger partial charge is 0.408 e. The van der Waals surface area contributed by atoms with Gasteiger partial charge in [0.15, 0.2) is 12.0 Å². The second-order valence-electron chi connectivity index (χ2n) is 2.95. The molecule has 0 saturated carbocycles. The van der Waals surface area contributed by atoms with Crippen LogP contribution >= 0.6 is 0 Å². The zero-order valence-electron chi connectivity index (χ0n) is 8.49. The fourth-order valence-corrected chi connectivity index (χ4v) is 1.23. The molecular formula is C11H12N2O2. The van der Waals surface area contributed by atoms with Gasteiger partial charge in [-0.25, -0.2) is 0 Å². The van der Waals surface area contributed by atoms with E-state index in [1.807, 2.05) is 6.07 Å². The van der Waals surface area contributed by atoms with E-state index < -0.39 is 0 Å². The Bertz CT molecular complexity index is 383. The number of aldehydes is 1. The summed E-state index contributed by atoms with van der Waals surface area (Å²) in [5.41, 5.74) is 3.99. The van der Waals surface area contributed by atoms with Gasteiger partial charge in [0.25, 0.3) is 0 Å². The predicted octanol–water partition coefficient (Wildman–Crippen LogP) is 1.47. The molecule has 4 nitrogen and oxygen atoms in total. The van der Waals surface area contributed by atoms with E-state index in [1.54, 1.807) is 19.2 Å².